The summed E-state index contributed by atoms with van der Waals surface area (Å²) in [6, 6.07) is 0. The number of amides is 1. The van der Waals surface area contributed by atoms with Gasteiger partial charge in [0.2, 0.25) is 5.91 Å². The van der Waals surface area contributed by atoms with Gasteiger partial charge in [0.25, 0.3) is 0 Å². The van der Waals surface area contributed by atoms with Gasteiger partial charge in [0.15, 0.2) is 0 Å². The van der Waals surface area contributed by atoms with Crippen LogP contribution in [0.1, 0.15) is 12.8 Å². The molecule has 0 spiro atoms. The number of hydrogen-bond donors (Lipinski definition) is 1. The van der Waals surface area contributed by atoms with E-state index in [1.165, 1.54) is 19.4 Å². The first-order valence-electron chi connectivity index (χ1n) is 5.40. The van der Waals surface area contributed by atoms with Crippen molar-refractivity contribution in [3.63, 3.8) is 0 Å². The highest BCUT2D eigenvalue weighted by Crippen LogP contribution is 2.29. The van der Waals surface area contributed by atoms with Gasteiger partial charge in [0.1, 0.15) is 0 Å². The summed E-state index contributed by atoms with van der Waals surface area (Å²) < 4.78 is 0. The van der Waals surface area contributed by atoms with Crippen LogP contribution in [0.25, 0.3) is 0 Å². The maximum absolute atomic E-state index is 11.3. The second-order valence-corrected chi connectivity index (χ2v) is 4.60. The molecule has 2 aliphatic rings. The van der Waals surface area contributed by atoms with Crippen LogP contribution < -0.4 is 0 Å². The quantitative estimate of drug-likeness (QED) is 0.690. The molecule has 0 N–H and O–H groups in total. The molecule has 0 radical (unpaired) electrons. The van der Waals surface area contributed by atoms with Crippen LogP contribution in [0.2, 0.25) is 0 Å². The van der Waals surface area contributed by atoms with E-state index in [4.69, 9.17) is 0 Å². The number of hydrogen-bond acceptors (Lipinski definition) is 3. The van der Waals surface area contributed by atoms with Crippen LogP contribution in [0.15, 0.2) is 0 Å². The van der Waals surface area contributed by atoms with E-state index in [1.54, 1.807) is 0 Å². The minimum absolute atomic E-state index is 0.180. The maximum atomic E-state index is 11.3. The lowest BCUT2D eigenvalue weighted by Crippen LogP contribution is -2.49. The van der Waals surface area contributed by atoms with Gasteiger partial charge in [-0.1, -0.05) is 0 Å². The molecule has 2 rings (SSSR count). The molecule has 0 atom stereocenters. The molecular weight excluding hydrogens is 196 g/mol. The highest BCUT2D eigenvalue weighted by Gasteiger charge is 2.27. The molecule has 0 aromatic carbocycles. The highest BCUT2D eigenvalue weighted by atomic mass is 32.1. The molecule has 0 bridgehead atoms. The second-order valence-electron chi connectivity index (χ2n) is 4.28. The van der Waals surface area contributed by atoms with Gasteiger partial charge in [0.05, 0.1) is 5.75 Å². The zero-order valence-corrected chi connectivity index (χ0v) is 9.38. The summed E-state index contributed by atoms with van der Waals surface area (Å²) in [7, 11) is 0. The van der Waals surface area contributed by atoms with Gasteiger partial charge >= 0.3 is 0 Å². The monoisotopic (exact) mass is 214 g/mol. The predicted molar refractivity (Wildman–Crippen MR) is 59.6 cm³/mol. The Morgan fingerprint density at radius 2 is 1.86 bits per heavy atom. The largest absolute Gasteiger partial charge is 0.339 e. The van der Waals surface area contributed by atoms with Gasteiger partial charge in [-0.2, -0.15) is 12.6 Å². The molecule has 2 fully saturated rings. The Morgan fingerprint density at radius 3 is 2.36 bits per heavy atom. The Bertz CT molecular complexity index is 210. The summed E-state index contributed by atoms with van der Waals surface area (Å²) in [5.74, 6) is 1.49. The van der Waals surface area contributed by atoms with Gasteiger partial charge in [0, 0.05) is 32.7 Å². The lowest BCUT2D eigenvalue weighted by Gasteiger charge is -2.34. The zero-order valence-electron chi connectivity index (χ0n) is 8.48. The predicted octanol–water partition coefficient (Wildman–Crippen LogP) is 0.470. The zero-order chi connectivity index (χ0) is 9.97. The molecule has 1 aliphatic heterocycles. The summed E-state index contributed by atoms with van der Waals surface area (Å²) in [5.41, 5.74) is 0. The van der Waals surface area contributed by atoms with Gasteiger partial charge in [-0.3, -0.25) is 9.69 Å². The van der Waals surface area contributed by atoms with E-state index in [1.807, 2.05) is 4.90 Å². The molecule has 1 aliphatic carbocycles. The van der Waals surface area contributed by atoms with Crippen LogP contribution in [-0.2, 0) is 4.79 Å². The topological polar surface area (TPSA) is 23.6 Å². The van der Waals surface area contributed by atoms with Gasteiger partial charge in [-0.15, -0.1) is 0 Å². The number of rotatable bonds is 3. The molecule has 0 aromatic rings. The Hall–Kier alpha value is -0.220. The molecule has 3 nitrogen and oxygen atoms in total. The Balaban J connectivity index is 1.71. The first kappa shape index (κ1) is 10.3. The van der Waals surface area contributed by atoms with Crippen LogP contribution in [0.3, 0.4) is 0 Å². The lowest BCUT2D eigenvalue weighted by molar-refractivity contribution is -0.130. The third-order valence-electron chi connectivity index (χ3n) is 3.07. The van der Waals surface area contributed by atoms with Crippen molar-refractivity contribution < 1.29 is 4.79 Å². The van der Waals surface area contributed by atoms with Crippen molar-refractivity contribution in [3.8, 4) is 0 Å². The van der Waals surface area contributed by atoms with E-state index in [9.17, 15) is 4.79 Å². The molecule has 80 valence electrons. The van der Waals surface area contributed by atoms with Crippen molar-refractivity contribution in [2.75, 3.05) is 38.5 Å². The van der Waals surface area contributed by atoms with Crippen molar-refractivity contribution >= 4 is 18.5 Å². The molecule has 4 heteroatoms. The second kappa shape index (κ2) is 4.53. The standard InChI is InChI=1S/C10H18N2OS/c13-10(8-14)12-5-3-11(4-6-12)7-9-1-2-9/h9,14H,1-8H2. The van der Waals surface area contributed by atoms with Gasteiger partial charge in [-0.05, 0) is 18.8 Å². The Kier molecular flexibility index (Phi) is 3.34. The SMILES string of the molecule is O=C(CS)N1CCN(CC2CC2)CC1. The van der Waals surface area contributed by atoms with E-state index in [0.29, 0.717) is 5.75 Å². The number of thiol groups is 1. The fourth-order valence-corrected chi connectivity index (χ4v) is 2.15. The normalized spacial score (nSPS) is 23.9. The number of piperazine rings is 1. The van der Waals surface area contributed by atoms with E-state index in [0.717, 1.165) is 32.1 Å². The fraction of sp³-hybridized carbons (Fsp3) is 0.900. The lowest BCUT2D eigenvalue weighted by atomic mass is 10.3. The number of nitrogens with zero attached hydrogens (tertiary/aromatic N) is 2. The first-order chi connectivity index (χ1) is 6.79. The molecule has 1 saturated carbocycles. The van der Waals surface area contributed by atoms with E-state index < -0.39 is 0 Å². The minimum Gasteiger partial charge on any atom is -0.339 e. The van der Waals surface area contributed by atoms with Crippen LogP contribution in [0.5, 0.6) is 0 Å². The van der Waals surface area contributed by atoms with E-state index in [2.05, 4.69) is 17.5 Å². The summed E-state index contributed by atoms with van der Waals surface area (Å²) in [5, 5.41) is 0. The molecule has 0 aromatic heterocycles. The molecular formula is C10H18N2OS. The summed E-state index contributed by atoms with van der Waals surface area (Å²) in [6.45, 7) is 5.15. The third kappa shape index (κ3) is 2.64. The van der Waals surface area contributed by atoms with Crippen molar-refractivity contribution in [1.29, 1.82) is 0 Å². The molecule has 0 unspecified atom stereocenters. The number of carbonyl (C=O) groups excluding carboxylic acids is 1. The average molecular weight is 214 g/mol. The van der Waals surface area contributed by atoms with Gasteiger partial charge < -0.3 is 4.90 Å². The van der Waals surface area contributed by atoms with Crippen LogP contribution >= 0.6 is 12.6 Å². The highest BCUT2D eigenvalue weighted by molar-refractivity contribution is 7.81. The van der Waals surface area contributed by atoms with Crippen molar-refractivity contribution in [1.82, 2.24) is 9.80 Å². The van der Waals surface area contributed by atoms with Crippen molar-refractivity contribution in [2.45, 2.75) is 12.8 Å². The molecule has 1 saturated heterocycles. The van der Waals surface area contributed by atoms with Crippen LogP contribution in [-0.4, -0.2) is 54.2 Å². The van der Waals surface area contributed by atoms with E-state index >= 15 is 0 Å². The minimum atomic E-state index is 0.180. The average Bonchev–Trinajstić information content (AvgIpc) is 3.02. The van der Waals surface area contributed by atoms with E-state index in [-0.39, 0.29) is 5.91 Å². The summed E-state index contributed by atoms with van der Waals surface area (Å²) in [6.07, 6.45) is 2.82. The number of carbonyl (C=O) groups is 1. The fourth-order valence-electron chi connectivity index (χ4n) is 1.95. The van der Waals surface area contributed by atoms with Crippen LogP contribution in [0, 0.1) is 5.92 Å². The molecule has 1 amide bonds. The Morgan fingerprint density at radius 1 is 1.21 bits per heavy atom. The van der Waals surface area contributed by atoms with Gasteiger partial charge in [-0.25, -0.2) is 0 Å². The summed E-state index contributed by atoms with van der Waals surface area (Å²) in [4.78, 5) is 15.8. The molecule has 14 heavy (non-hydrogen) atoms. The van der Waals surface area contributed by atoms with Crippen molar-refractivity contribution in [3.05, 3.63) is 0 Å². The van der Waals surface area contributed by atoms with Crippen molar-refractivity contribution in [2.24, 2.45) is 5.92 Å². The maximum Gasteiger partial charge on any atom is 0.232 e. The third-order valence-corrected chi connectivity index (χ3v) is 3.34. The summed E-state index contributed by atoms with van der Waals surface area (Å²) >= 11 is 4.01. The smallest absolute Gasteiger partial charge is 0.232 e. The Labute approximate surface area is 90.8 Å². The van der Waals surface area contributed by atoms with Crippen LogP contribution in [0.4, 0.5) is 0 Å². The first-order valence-corrected chi connectivity index (χ1v) is 6.04. The molecule has 1 heterocycles.